The van der Waals surface area contributed by atoms with Gasteiger partial charge in [-0.05, 0) is 103 Å². The van der Waals surface area contributed by atoms with Crippen molar-refractivity contribution in [1.29, 1.82) is 0 Å². The van der Waals surface area contributed by atoms with Crippen LogP contribution >= 0.6 is 0 Å². The number of amides is 1. The zero-order chi connectivity index (χ0) is 64.6. The molecule has 6 N–H and O–H groups in total. The average Bonchev–Trinajstić information content (AvgIpc) is 3.71. The minimum atomic E-state index is -1.63. The first-order chi connectivity index (χ1) is 43.7. The molecule has 514 valence electrons. The fraction of sp³-hybridized carbons (Fsp3) is 0.769. The van der Waals surface area contributed by atoms with Gasteiger partial charge in [0.25, 0.3) is 0 Å². The summed E-state index contributed by atoms with van der Waals surface area (Å²) in [6.07, 6.45) is 77.4. The maximum absolute atomic E-state index is 13.5. The van der Waals surface area contributed by atoms with Crippen molar-refractivity contribution in [3.8, 4) is 0 Å². The van der Waals surface area contributed by atoms with E-state index < -0.39 is 67.4 Å². The largest absolute Gasteiger partial charge is 0.454 e. The third-order valence-electron chi connectivity index (χ3n) is 17.0. The highest BCUT2D eigenvalue weighted by Crippen LogP contribution is 2.26. The number of carbonyl (C=O) groups excluding carboxylic acids is 2. The summed E-state index contributed by atoms with van der Waals surface area (Å²) in [7, 11) is 0. The van der Waals surface area contributed by atoms with Crippen LogP contribution in [0.2, 0.25) is 0 Å². The Morgan fingerprint density at radius 2 is 0.809 bits per heavy atom. The van der Waals surface area contributed by atoms with Crippen molar-refractivity contribution in [2.24, 2.45) is 0 Å². The van der Waals surface area contributed by atoms with E-state index >= 15 is 0 Å². The summed E-state index contributed by atoms with van der Waals surface area (Å²) in [5, 5.41) is 57.3. The van der Waals surface area contributed by atoms with Gasteiger partial charge in [0, 0.05) is 6.42 Å². The first kappa shape index (κ1) is 83.6. The van der Waals surface area contributed by atoms with Gasteiger partial charge in [-0.3, -0.25) is 9.59 Å². The summed E-state index contributed by atoms with van der Waals surface area (Å²) in [6, 6.07) is -1.03. The molecule has 1 aliphatic rings. The Morgan fingerprint density at radius 3 is 1.22 bits per heavy atom. The van der Waals surface area contributed by atoms with Crippen LogP contribution in [0.3, 0.4) is 0 Å². The standard InChI is InChI=1S/C78H137NO10/c1-4-7-10-13-16-19-22-24-26-28-30-32-34-36-38-40-42-44-46-48-51-54-57-60-63-66-73(83)89-76-75(85)74(84)72(67-80)88-78(76)87-68-69(70(81)64-61-58-55-52-49-21-18-15-12-9-6-3)79-77(86)71(82)65-62-59-56-53-50-47-45-43-41-39-37-35-33-31-29-27-25-23-20-17-14-11-8-5-2/h7,10,16,19,24-27,30,32,36,38,42,44,61,64,69-72,74-76,78,80-82,84-85H,4-6,8-9,11-15,17-18,20-23,28-29,31,33-35,37,39-41,43,45-60,62-63,65-68H2,1-3H3,(H,79,86)/b10-7-,19-16-,26-24-,27-25+,32-30-,38-36-,44-42-,64-61+. The molecule has 0 spiro atoms. The molecule has 11 heteroatoms. The SMILES string of the molecule is CC/C=C\C/C=C\C/C=C\C/C=C\C/C=C\C/C=C\CCCCCCCCC(=O)OC1C(OCC(NC(=O)C(O)CCCCCCCCCCCCCCCC/C=C/CCCCCCCC)C(O)/C=C/CCCCCCCCCCC)OC(CO)C(O)C1O. The third kappa shape index (κ3) is 51.7. The number of esters is 1. The fourth-order valence-corrected chi connectivity index (χ4v) is 11.2. The Bertz CT molecular complexity index is 1820. The highest BCUT2D eigenvalue weighted by Gasteiger charge is 2.47. The maximum atomic E-state index is 13.5. The summed E-state index contributed by atoms with van der Waals surface area (Å²) in [4.78, 5) is 26.7. The number of allylic oxidation sites excluding steroid dienone is 15. The molecule has 0 aliphatic carbocycles. The van der Waals surface area contributed by atoms with Crippen LogP contribution in [0.1, 0.15) is 323 Å². The first-order valence-corrected chi connectivity index (χ1v) is 37.0. The molecule has 1 rings (SSSR count). The normalized spacial score (nSPS) is 18.7. The molecule has 8 atom stereocenters. The van der Waals surface area contributed by atoms with E-state index in [1.54, 1.807) is 6.08 Å². The fourth-order valence-electron chi connectivity index (χ4n) is 11.2. The van der Waals surface area contributed by atoms with Crippen molar-refractivity contribution >= 4 is 11.9 Å². The van der Waals surface area contributed by atoms with Crippen molar-refractivity contribution in [3.63, 3.8) is 0 Å². The maximum Gasteiger partial charge on any atom is 0.306 e. The van der Waals surface area contributed by atoms with Gasteiger partial charge in [0.1, 0.15) is 24.4 Å². The summed E-state index contributed by atoms with van der Waals surface area (Å²) in [5.74, 6) is -1.21. The van der Waals surface area contributed by atoms with E-state index in [2.05, 4.69) is 111 Å². The molecular formula is C78H137NO10. The Morgan fingerprint density at radius 1 is 0.449 bits per heavy atom. The van der Waals surface area contributed by atoms with Crippen LogP contribution in [-0.4, -0.2) is 99.6 Å². The second-order valence-electron chi connectivity index (χ2n) is 25.3. The van der Waals surface area contributed by atoms with E-state index in [1.807, 2.05) is 6.08 Å². The lowest BCUT2D eigenvalue weighted by atomic mass is 9.99. The molecular weight excluding hydrogens is 1110 g/mol. The topological polar surface area (TPSA) is 175 Å². The summed E-state index contributed by atoms with van der Waals surface area (Å²) in [6.45, 7) is 5.69. The van der Waals surface area contributed by atoms with Gasteiger partial charge >= 0.3 is 5.97 Å². The molecule has 0 aromatic rings. The number of aliphatic hydroxyl groups is 5. The van der Waals surface area contributed by atoms with Crippen molar-refractivity contribution in [1.82, 2.24) is 5.32 Å². The highest BCUT2D eigenvalue weighted by molar-refractivity contribution is 5.80. The van der Waals surface area contributed by atoms with E-state index in [0.29, 0.717) is 12.8 Å². The quantitative estimate of drug-likeness (QED) is 0.0195. The van der Waals surface area contributed by atoms with Crippen molar-refractivity contribution in [2.75, 3.05) is 13.2 Å². The van der Waals surface area contributed by atoms with Crippen molar-refractivity contribution in [2.45, 2.75) is 372 Å². The minimum Gasteiger partial charge on any atom is -0.454 e. The Labute approximate surface area is 546 Å². The lowest BCUT2D eigenvalue weighted by Crippen LogP contribution is -2.61. The van der Waals surface area contributed by atoms with Gasteiger partial charge in [0.05, 0.1) is 25.4 Å². The predicted molar refractivity (Wildman–Crippen MR) is 375 cm³/mol. The lowest BCUT2D eigenvalue weighted by molar-refractivity contribution is -0.305. The van der Waals surface area contributed by atoms with Crippen LogP contribution in [0.5, 0.6) is 0 Å². The molecule has 0 radical (unpaired) electrons. The van der Waals surface area contributed by atoms with Gasteiger partial charge in [0.15, 0.2) is 12.4 Å². The number of hydrogen-bond donors (Lipinski definition) is 6. The number of carbonyl (C=O) groups is 2. The average molecular weight is 1250 g/mol. The number of rotatable bonds is 63. The van der Waals surface area contributed by atoms with Gasteiger partial charge in [-0.15, -0.1) is 0 Å². The van der Waals surface area contributed by atoms with Gasteiger partial charge < -0.3 is 45.1 Å². The molecule has 0 aromatic carbocycles. The van der Waals surface area contributed by atoms with E-state index in [4.69, 9.17) is 14.2 Å². The predicted octanol–water partition coefficient (Wildman–Crippen LogP) is 19.4. The van der Waals surface area contributed by atoms with E-state index in [9.17, 15) is 35.1 Å². The van der Waals surface area contributed by atoms with Gasteiger partial charge in [-0.25, -0.2) is 0 Å². The number of ether oxygens (including phenoxy) is 3. The molecule has 11 nitrogen and oxygen atoms in total. The molecule has 0 saturated carbocycles. The summed E-state index contributed by atoms with van der Waals surface area (Å²) in [5.41, 5.74) is 0. The van der Waals surface area contributed by atoms with Gasteiger partial charge in [-0.2, -0.15) is 0 Å². The Hall–Kier alpha value is -3.42. The summed E-state index contributed by atoms with van der Waals surface area (Å²) < 4.78 is 17.7. The monoisotopic (exact) mass is 1250 g/mol. The van der Waals surface area contributed by atoms with Gasteiger partial charge in [0.2, 0.25) is 5.91 Å². The number of hydrogen-bond acceptors (Lipinski definition) is 10. The molecule has 1 heterocycles. The molecule has 8 unspecified atom stereocenters. The Kier molecular flexibility index (Phi) is 60.7. The molecule has 89 heavy (non-hydrogen) atoms. The van der Waals surface area contributed by atoms with Crippen LogP contribution in [0.25, 0.3) is 0 Å². The van der Waals surface area contributed by atoms with E-state index in [0.717, 1.165) is 116 Å². The van der Waals surface area contributed by atoms with Gasteiger partial charge in [-0.1, -0.05) is 311 Å². The first-order valence-electron chi connectivity index (χ1n) is 37.0. The number of aliphatic hydroxyl groups excluding tert-OH is 5. The molecule has 0 aromatic heterocycles. The van der Waals surface area contributed by atoms with Crippen LogP contribution in [0.4, 0.5) is 0 Å². The zero-order valence-electron chi connectivity index (χ0n) is 57.3. The Balaban J connectivity index is 2.54. The molecule has 1 aliphatic heterocycles. The van der Waals surface area contributed by atoms with Crippen LogP contribution < -0.4 is 5.32 Å². The minimum absolute atomic E-state index is 0.103. The second-order valence-corrected chi connectivity index (χ2v) is 25.3. The third-order valence-corrected chi connectivity index (χ3v) is 17.0. The van der Waals surface area contributed by atoms with E-state index in [1.165, 1.54) is 161 Å². The molecule has 1 fully saturated rings. The highest BCUT2D eigenvalue weighted by atomic mass is 16.7. The second kappa shape index (κ2) is 64.7. The number of unbranched alkanes of at least 4 members (excludes halogenated alkanes) is 35. The van der Waals surface area contributed by atoms with E-state index in [-0.39, 0.29) is 19.4 Å². The molecule has 1 amide bonds. The van der Waals surface area contributed by atoms with Crippen LogP contribution in [0, 0.1) is 0 Å². The van der Waals surface area contributed by atoms with Crippen molar-refractivity contribution in [3.05, 3.63) is 97.2 Å². The molecule has 1 saturated heterocycles. The lowest BCUT2D eigenvalue weighted by Gasteiger charge is -2.41. The number of nitrogens with one attached hydrogen (secondary N) is 1. The zero-order valence-corrected chi connectivity index (χ0v) is 57.3. The van der Waals surface area contributed by atoms with Crippen LogP contribution in [-0.2, 0) is 23.8 Å². The summed E-state index contributed by atoms with van der Waals surface area (Å²) >= 11 is 0. The van der Waals surface area contributed by atoms with Crippen molar-refractivity contribution < 1.29 is 49.3 Å². The smallest absolute Gasteiger partial charge is 0.306 e. The molecule has 0 bridgehead atoms. The van der Waals surface area contributed by atoms with Crippen LogP contribution in [0.15, 0.2) is 97.2 Å².